The van der Waals surface area contributed by atoms with Gasteiger partial charge in [-0.15, -0.1) is 0 Å². The van der Waals surface area contributed by atoms with Gasteiger partial charge in [0.25, 0.3) is 0 Å². The van der Waals surface area contributed by atoms with Crippen molar-refractivity contribution in [2.24, 2.45) is 0 Å². The highest BCUT2D eigenvalue weighted by atomic mass is 19.4. The lowest BCUT2D eigenvalue weighted by molar-refractivity contribution is -0.139. The van der Waals surface area contributed by atoms with Gasteiger partial charge in [-0.1, -0.05) is 12.1 Å². The van der Waals surface area contributed by atoms with Gasteiger partial charge < -0.3 is 15.2 Å². The van der Waals surface area contributed by atoms with Gasteiger partial charge >= 0.3 is 12.1 Å². The molecule has 0 aliphatic rings. The molecule has 0 aliphatic carbocycles. The van der Waals surface area contributed by atoms with E-state index in [1.165, 1.54) is 24.4 Å². The van der Waals surface area contributed by atoms with Gasteiger partial charge in [0.15, 0.2) is 0 Å². The number of benzene rings is 1. The number of rotatable bonds is 7. The van der Waals surface area contributed by atoms with Crippen LogP contribution in [0.5, 0.6) is 5.88 Å². The van der Waals surface area contributed by atoms with E-state index in [9.17, 15) is 18.0 Å². The number of hydrogen-bond acceptors (Lipinski definition) is 4. The Balaban J connectivity index is 1.82. The summed E-state index contributed by atoms with van der Waals surface area (Å²) in [4.78, 5) is 14.5. The fourth-order valence-corrected chi connectivity index (χ4v) is 1.99. The number of carbonyl (C=O) groups is 1. The number of hydrogen-bond donors (Lipinski definition) is 2. The normalized spacial score (nSPS) is 11.3. The van der Waals surface area contributed by atoms with Crippen LogP contribution >= 0.6 is 0 Å². The quantitative estimate of drug-likeness (QED) is 0.758. The summed E-state index contributed by atoms with van der Waals surface area (Å²) in [6.07, 6.45) is -3.29. The van der Waals surface area contributed by atoms with Crippen molar-refractivity contribution in [1.82, 2.24) is 10.3 Å². The van der Waals surface area contributed by atoms with Crippen LogP contribution in [0.15, 0.2) is 42.6 Å². The van der Waals surface area contributed by atoms with E-state index in [4.69, 9.17) is 9.84 Å². The molecule has 0 amide bonds. The third-order valence-electron chi connectivity index (χ3n) is 3.10. The van der Waals surface area contributed by atoms with E-state index in [0.29, 0.717) is 6.54 Å². The van der Waals surface area contributed by atoms with Crippen molar-refractivity contribution in [3.8, 4) is 5.88 Å². The minimum Gasteiger partial charge on any atom is -0.478 e. The molecule has 0 unspecified atom stereocenters. The van der Waals surface area contributed by atoms with E-state index in [2.05, 4.69) is 10.3 Å². The molecule has 2 rings (SSSR count). The molecule has 1 heterocycles. The number of carboxylic acid groups (broad SMARTS) is 1. The van der Waals surface area contributed by atoms with Gasteiger partial charge in [-0.3, -0.25) is 0 Å². The Morgan fingerprint density at radius 1 is 1.25 bits per heavy atom. The third-order valence-corrected chi connectivity index (χ3v) is 3.10. The summed E-state index contributed by atoms with van der Waals surface area (Å²) < 4.78 is 43.4. The number of alkyl halides is 3. The first-order valence-electron chi connectivity index (χ1n) is 7.06. The molecule has 0 aliphatic heterocycles. The Hall–Kier alpha value is -2.61. The van der Waals surface area contributed by atoms with E-state index in [1.54, 1.807) is 12.1 Å². The van der Waals surface area contributed by atoms with Crippen molar-refractivity contribution < 1.29 is 27.8 Å². The number of aromatic carboxylic acids is 1. The number of nitrogens with zero attached hydrogens (tertiary/aromatic N) is 1. The number of ether oxygens (including phenoxy) is 1. The van der Waals surface area contributed by atoms with Gasteiger partial charge in [0.2, 0.25) is 5.88 Å². The van der Waals surface area contributed by atoms with Crippen molar-refractivity contribution in [3.63, 3.8) is 0 Å². The zero-order valence-corrected chi connectivity index (χ0v) is 12.5. The van der Waals surface area contributed by atoms with Gasteiger partial charge in [0, 0.05) is 19.3 Å². The first kappa shape index (κ1) is 17.7. The Bertz CT molecular complexity index is 705. The van der Waals surface area contributed by atoms with Crippen LogP contribution in [-0.4, -0.2) is 29.2 Å². The second-order valence-corrected chi connectivity index (χ2v) is 4.88. The fourth-order valence-electron chi connectivity index (χ4n) is 1.99. The van der Waals surface area contributed by atoms with Crippen LogP contribution in [0.2, 0.25) is 0 Å². The molecule has 1 aromatic carbocycles. The van der Waals surface area contributed by atoms with Crippen LogP contribution in [0.3, 0.4) is 0 Å². The highest BCUT2D eigenvalue weighted by Gasteiger charge is 2.34. The molecule has 128 valence electrons. The van der Waals surface area contributed by atoms with Crippen LogP contribution in [0.4, 0.5) is 13.2 Å². The SMILES string of the molecule is O=C(O)c1cccc(CNCCOc2ncccc2C(F)(F)F)c1. The topological polar surface area (TPSA) is 71.5 Å². The van der Waals surface area contributed by atoms with Crippen molar-refractivity contribution in [3.05, 3.63) is 59.3 Å². The molecular formula is C16H15F3N2O3. The fraction of sp³-hybridized carbons (Fsp3) is 0.250. The molecule has 0 fully saturated rings. The molecule has 0 saturated heterocycles. The average molecular weight is 340 g/mol. The van der Waals surface area contributed by atoms with Gasteiger partial charge in [-0.2, -0.15) is 13.2 Å². The van der Waals surface area contributed by atoms with Crippen molar-refractivity contribution in [2.45, 2.75) is 12.7 Å². The maximum atomic E-state index is 12.8. The van der Waals surface area contributed by atoms with Crippen LogP contribution in [0, 0.1) is 0 Å². The first-order chi connectivity index (χ1) is 11.4. The van der Waals surface area contributed by atoms with Crippen LogP contribution in [-0.2, 0) is 12.7 Å². The summed E-state index contributed by atoms with van der Waals surface area (Å²) >= 11 is 0. The van der Waals surface area contributed by atoms with E-state index < -0.39 is 23.6 Å². The molecule has 0 spiro atoms. The van der Waals surface area contributed by atoms with Gasteiger partial charge in [-0.05, 0) is 29.8 Å². The Morgan fingerprint density at radius 2 is 2.04 bits per heavy atom. The smallest absolute Gasteiger partial charge is 0.421 e. The monoisotopic (exact) mass is 340 g/mol. The predicted molar refractivity (Wildman–Crippen MR) is 79.8 cm³/mol. The number of pyridine rings is 1. The number of halogens is 3. The highest BCUT2D eigenvalue weighted by molar-refractivity contribution is 5.87. The largest absolute Gasteiger partial charge is 0.478 e. The standard InChI is InChI=1S/C16H15F3N2O3/c17-16(18,19)13-5-2-6-21-14(13)24-8-7-20-10-11-3-1-4-12(9-11)15(22)23/h1-6,9,20H,7-8,10H2,(H,22,23). The predicted octanol–water partition coefficient (Wildman–Crippen LogP) is 2.97. The minimum atomic E-state index is -4.52. The van der Waals surface area contributed by atoms with Crippen molar-refractivity contribution in [1.29, 1.82) is 0 Å². The summed E-state index contributed by atoms with van der Waals surface area (Å²) in [6.45, 7) is 0.655. The summed E-state index contributed by atoms with van der Waals surface area (Å²) in [5.74, 6) is -1.48. The van der Waals surface area contributed by atoms with E-state index in [1.807, 2.05) is 0 Å². The van der Waals surface area contributed by atoms with Crippen LogP contribution < -0.4 is 10.1 Å². The molecule has 24 heavy (non-hydrogen) atoms. The van der Waals surface area contributed by atoms with E-state index in [-0.39, 0.29) is 18.7 Å². The minimum absolute atomic E-state index is 0.00128. The first-order valence-corrected chi connectivity index (χ1v) is 7.06. The maximum Gasteiger partial charge on any atom is 0.421 e. The number of aromatic nitrogens is 1. The van der Waals surface area contributed by atoms with Gasteiger partial charge in [-0.25, -0.2) is 9.78 Å². The van der Waals surface area contributed by atoms with Gasteiger partial charge in [0.1, 0.15) is 12.2 Å². The summed E-state index contributed by atoms with van der Waals surface area (Å²) in [5, 5.41) is 11.9. The number of carboxylic acids is 1. The molecule has 2 N–H and O–H groups in total. The number of nitrogens with one attached hydrogen (secondary N) is 1. The maximum absolute atomic E-state index is 12.8. The van der Waals surface area contributed by atoms with Crippen LogP contribution in [0.25, 0.3) is 0 Å². The summed E-state index contributed by atoms with van der Waals surface area (Å²) in [5.41, 5.74) is 0.0109. The second kappa shape index (κ2) is 7.78. The second-order valence-electron chi connectivity index (χ2n) is 4.88. The summed E-state index contributed by atoms with van der Waals surface area (Å²) in [6, 6.07) is 8.49. The molecule has 8 heteroatoms. The molecule has 0 atom stereocenters. The van der Waals surface area contributed by atoms with Crippen molar-refractivity contribution >= 4 is 5.97 Å². The van der Waals surface area contributed by atoms with Crippen molar-refractivity contribution in [2.75, 3.05) is 13.2 Å². The lowest BCUT2D eigenvalue weighted by atomic mass is 10.1. The lowest BCUT2D eigenvalue weighted by Gasteiger charge is -2.12. The zero-order chi connectivity index (χ0) is 17.6. The molecule has 5 nitrogen and oxygen atoms in total. The highest BCUT2D eigenvalue weighted by Crippen LogP contribution is 2.34. The molecule has 1 aromatic heterocycles. The zero-order valence-electron chi connectivity index (χ0n) is 12.5. The third kappa shape index (κ3) is 4.95. The lowest BCUT2D eigenvalue weighted by Crippen LogP contribution is -2.22. The Kier molecular flexibility index (Phi) is 5.75. The molecule has 0 bridgehead atoms. The van der Waals surface area contributed by atoms with Gasteiger partial charge in [0.05, 0.1) is 5.56 Å². The van der Waals surface area contributed by atoms with Crippen LogP contribution in [0.1, 0.15) is 21.5 Å². The average Bonchev–Trinajstić information content (AvgIpc) is 2.54. The molecule has 0 radical (unpaired) electrons. The molecule has 2 aromatic rings. The van der Waals surface area contributed by atoms with E-state index in [0.717, 1.165) is 11.6 Å². The summed E-state index contributed by atoms with van der Waals surface area (Å²) in [7, 11) is 0. The molecule has 0 saturated carbocycles. The molecular weight excluding hydrogens is 325 g/mol. The Morgan fingerprint density at radius 3 is 2.75 bits per heavy atom. The van der Waals surface area contributed by atoms with E-state index >= 15 is 0 Å². The Labute approximate surface area is 136 Å².